The Hall–Kier alpha value is -2.32. The molecule has 0 unspecified atom stereocenters. The van der Waals surface area contributed by atoms with Crippen molar-refractivity contribution in [3.63, 3.8) is 0 Å². The average Bonchev–Trinajstić information content (AvgIpc) is 3.91. The maximum absolute atomic E-state index is 13.1. The van der Waals surface area contributed by atoms with E-state index in [2.05, 4.69) is 0 Å². The first-order chi connectivity index (χ1) is 24.7. The zero-order valence-electron chi connectivity index (χ0n) is 33.3. The molecular formula is C40H67NO12. The summed E-state index contributed by atoms with van der Waals surface area (Å²) in [7, 11) is 0. The fourth-order valence-corrected chi connectivity index (χ4v) is 8.60. The van der Waals surface area contributed by atoms with Crippen molar-refractivity contribution in [2.75, 3.05) is 0 Å². The molecule has 5 heterocycles. The van der Waals surface area contributed by atoms with E-state index in [9.17, 15) is 19.2 Å². The lowest BCUT2D eigenvalue weighted by atomic mass is 10.00. The van der Waals surface area contributed by atoms with Crippen molar-refractivity contribution in [1.82, 2.24) is 6.15 Å². The molecule has 0 radical (unpaired) electrons. The number of cyclic esters (lactones) is 4. The summed E-state index contributed by atoms with van der Waals surface area (Å²) in [4.78, 5) is 52.4. The van der Waals surface area contributed by atoms with Crippen LogP contribution in [0, 0.1) is 23.7 Å². The van der Waals surface area contributed by atoms with Crippen LogP contribution in [0.1, 0.15) is 132 Å². The Balaban J connectivity index is 0.00000627. The van der Waals surface area contributed by atoms with Crippen molar-refractivity contribution in [2.45, 2.75) is 206 Å². The van der Waals surface area contributed by atoms with E-state index in [4.69, 9.17) is 37.9 Å². The minimum Gasteiger partial charge on any atom is -0.462 e. The number of rotatable bonds is 0. The van der Waals surface area contributed by atoms with Crippen molar-refractivity contribution in [3.8, 4) is 0 Å². The molecule has 304 valence electrons. The SMILES string of the molecule is C[C@@H]1C[C@H]2CC[C@H](O2)[C@H](C)C(=O)O[C@@H](C)C[C@@H]2CC[C@@H](O2)[C@@H](C)C(=O)O[C@H](C)C[C@H]2CC[C@H](O2)[C@H](C)C(=O)O[C@@H](C)C[C@@H]2CC[C@@H](O2)[C@@H](C)C(=O)O1.N. The zero-order chi connectivity index (χ0) is 37.7. The molecule has 0 aromatic rings. The first-order valence-corrected chi connectivity index (χ1v) is 20.1. The fraction of sp³-hybridized carbons (Fsp3) is 0.900. The van der Waals surface area contributed by atoms with Gasteiger partial charge in [-0.25, -0.2) is 0 Å². The van der Waals surface area contributed by atoms with Crippen LogP contribution in [0.25, 0.3) is 0 Å². The summed E-state index contributed by atoms with van der Waals surface area (Å²) in [5, 5.41) is 0. The highest BCUT2D eigenvalue weighted by atomic mass is 16.6. The summed E-state index contributed by atoms with van der Waals surface area (Å²) in [6.45, 7) is 14.9. The smallest absolute Gasteiger partial charge is 0.311 e. The van der Waals surface area contributed by atoms with E-state index in [-0.39, 0.29) is 103 Å². The molecule has 0 aliphatic carbocycles. The molecule has 13 nitrogen and oxygen atoms in total. The van der Waals surface area contributed by atoms with Gasteiger partial charge in [-0.1, -0.05) is 0 Å². The van der Waals surface area contributed by atoms with Crippen LogP contribution >= 0.6 is 0 Å². The van der Waals surface area contributed by atoms with Crippen molar-refractivity contribution < 1.29 is 57.1 Å². The second kappa shape index (κ2) is 19.5. The highest BCUT2D eigenvalue weighted by molar-refractivity contribution is 5.74. The van der Waals surface area contributed by atoms with Crippen LogP contribution in [-0.2, 0) is 57.1 Å². The Labute approximate surface area is 316 Å². The van der Waals surface area contributed by atoms with Crippen LogP contribution in [0.4, 0.5) is 0 Å². The Morgan fingerprint density at radius 1 is 0.340 bits per heavy atom. The molecule has 8 bridgehead atoms. The molecular weight excluding hydrogens is 686 g/mol. The number of carbonyl (C=O) groups is 4. The number of esters is 4. The fourth-order valence-electron chi connectivity index (χ4n) is 8.60. The second-order valence-electron chi connectivity index (χ2n) is 16.6. The van der Waals surface area contributed by atoms with Crippen LogP contribution in [0.2, 0.25) is 0 Å². The molecule has 0 aromatic carbocycles. The minimum absolute atomic E-state index is 0. The number of ether oxygens (including phenoxy) is 8. The second-order valence-corrected chi connectivity index (χ2v) is 16.6. The van der Waals surface area contributed by atoms with Gasteiger partial charge in [0.2, 0.25) is 0 Å². The van der Waals surface area contributed by atoms with Crippen LogP contribution in [-0.4, -0.2) is 97.1 Å². The van der Waals surface area contributed by atoms with Gasteiger partial charge in [-0.3, -0.25) is 19.2 Å². The summed E-state index contributed by atoms with van der Waals surface area (Å²) >= 11 is 0. The normalized spacial score (nSPS) is 44.4. The van der Waals surface area contributed by atoms with E-state index in [1.165, 1.54) is 0 Å². The molecule has 0 spiro atoms. The summed E-state index contributed by atoms with van der Waals surface area (Å²) in [5.41, 5.74) is 0. The van der Waals surface area contributed by atoms with Gasteiger partial charge in [-0.2, -0.15) is 0 Å². The molecule has 5 fully saturated rings. The Bertz CT molecular complexity index is 1050. The monoisotopic (exact) mass is 753 g/mol. The lowest BCUT2D eigenvalue weighted by Crippen LogP contribution is -2.34. The molecule has 5 rings (SSSR count). The van der Waals surface area contributed by atoms with Gasteiger partial charge in [0, 0.05) is 25.7 Å². The lowest BCUT2D eigenvalue weighted by molar-refractivity contribution is -0.161. The first-order valence-electron chi connectivity index (χ1n) is 20.1. The van der Waals surface area contributed by atoms with E-state index in [1.54, 1.807) is 0 Å². The third kappa shape index (κ3) is 11.8. The summed E-state index contributed by atoms with van der Waals surface area (Å²) in [5.74, 6) is -2.93. The summed E-state index contributed by atoms with van der Waals surface area (Å²) in [6.07, 6.45) is 5.22. The molecule has 3 N–H and O–H groups in total. The quantitative estimate of drug-likeness (QED) is 0.219. The van der Waals surface area contributed by atoms with E-state index in [0.29, 0.717) is 25.7 Å². The number of hydrogen-bond acceptors (Lipinski definition) is 13. The molecule has 0 aromatic heterocycles. The number of carbonyl (C=O) groups excluding carboxylic acids is 4. The number of fused-ring (bicyclic) bond motifs is 8. The largest absolute Gasteiger partial charge is 0.462 e. The van der Waals surface area contributed by atoms with Crippen molar-refractivity contribution >= 4 is 23.9 Å². The topological polar surface area (TPSA) is 177 Å². The molecule has 0 saturated carbocycles. The number of hydrogen-bond donors (Lipinski definition) is 1. The van der Waals surface area contributed by atoms with Crippen LogP contribution in [0.5, 0.6) is 0 Å². The van der Waals surface area contributed by atoms with Gasteiger partial charge in [-0.15, -0.1) is 0 Å². The van der Waals surface area contributed by atoms with Gasteiger partial charge < -0.3 is 44.0 Å². The predicted octanol–water partition coefficient (Wildman–Crippen LogP) is 6.18. The van der Waals surface area contributed by atoms with Gasteiger partial charge in [0.1, 0.15) is 24.4 Å². The zero-order valence-corrected chi connectivity index (χ0v) is 33.3. The van der Waals surface area contributed by atoms with E-state index in [1.807, 2.05) is 55.4 Å². The van der Waals surface area contributed by atoms with Gasteiger partial charge in [0.25, 0.3) is 0 Å². The molecule has 0 amide bonds. The highest BCUT2D eigenvalue weighted by Crippen LogP contribution is 2.34. The molecule has 13 heteroatoms. The average molecular weight is 754 g/mol. The maximum atomic E-state index is 13.1. The summed E-state index contributed by atoms with van der Waals surface area (Å²) < 4.78 is 48.4. The van der Waals surface area contributed by atoms with E-state index in [0.717, 1.165) is 51.4 Å². The van der Waals surface area contributed by atoms with E-state index >= 15 is 0 Å². The van der Waals surface area contributed by atoms with Crippen molar-refractivity contribution in [2.24, 2.45) is 23.7 Å². The molecule has 5 saturated heterocycles. The third-order valence-electron chi connectivity index (χ3n) is 11.9. The van der Waals surface area contributed by atoms with Crippen molar-refractivity contribution in [1.29, 1.82) is 0 Å². The Morgan fingerprint density at radius 3 is 0.717 bits per heavy atom. The van der Waals surface area contributed by atoms with Crippen LogP contribution < -0.4 is 6.15 Å². The lowest BCUT2D eigenvalue weighted by Gasteiger charge is -2.26. The van der Waals surface area contributed by atoms with Crippen LogP contribution in [0.15, 0.2) is 0 Å². The molecule has 53 heavy (non-hydrogen) atoms. The third-order valence-corrected chi connectivity index (χ3v) is 11.9. The van der Waals surface area contributed by atoms with Crippen LogP contribution in [0.3, 0.4) is 0 Å². The maximum Gasteiger partial charge on any atom is 0.311 e. The van der Waals surface area contributed by atoms with Gasteiger partial charge in [-0.05, 0) is 107 Å². The standard InChI is InChI=1S/C40H64O12.H3N/c1-21-17-29-9-13-34(49-29)26(6)38(42)46-23(3)19-31-11-15-36(51-31)28(8)40(44)48-24(4)20-32-12-16-35(52-32)27(7)39(43)47-22(2)18-30-10-14-33(50-30)25(5)37(41)45-21;/h21-36H,9-20H2,1-8H3;1H3/t21-,22+,23+,24-,25-,26+,27+,28-,29-,30+,31+,32-,33-,34+,35+,36-;. The molecule has 16 atom stereocenters. The molecule has 5 aliphatic heterocycles. The predicted molar refractivity (Wildman–Crippen MR) is 194 cm³/mol. The van der Waals surface area contributed by atoms with Gasteiger partial charge in [0.15, 0.2) is 0 Å². The van der Waals surface area contributed by atoms with E-state index < -0.39 is 23.7 Å². The Kier molecular flexibility index (Phi) is 16.0. The van der Waals surface area contributed by atoms with Gasteiger partial charge >= 0.3 is 23.9 Å². The highest BCUT2D eigenvalue weighted by Gasteiger charge is 2.41. The Morgan fingerprint density at radius 2 is 0.528 bits per heavy atom. The first kappa shape index (κ1) is 43.4. The van der Waals surface area contributed by atoms with Gasteiger partial charge in [0.05, 0.1) is 72.5 Å². The molecule has 5 aliphatic rings. The minimum atomic E-state index is -0.434. The van der Waals surface area contributed by atoms with Crippen molar-refractivity contribution in [3.05, 3.63) is 0 Å². The summed E-state index contributed by atoms with van der Waals surface area (Å²) in [6, 6.07) is 0.